The number of nitrogens with two attached hydrogens (primary N) is 1. The second kappa shape index (κ2) is 4.03. The van der Waals surface area contributed by atoms with Crippen molar-refractivity contribution in [3.8, 4) is 0 Å². The first kappa shape index (κ1) is 10.1. The zero-order valence-electron chi connectivity index (χ0n) is 9.35. The molecule has 0 spiro atoms. The minimum absolute atomic E-state index is 0.727. The maximum absolute atomic E-state index is 5.56. The predicted molar refractivity (Wildman–Crippen MR) is 69.2 cm³/mol. The number of aliphatic imine (C=N–C) groups is 1. The Hall–Kier alpha value is -2.13. The molecule has 0 radical (unpaired) electrons. The first-order valence-electron chi connectivity index (χ1n) is 5.60. The summed E-state index contributed by atoms with van der Waals surface area (Å²) in [4.78, 5) is 4.58. The van der Waals surface area contributed by atoms with Crippen LogP contribution in [-0.4, -0.2) is 5.84 Å². The van der Waals surface area contributed by atoms with Crippen LogP contribution in [0.5, 0.6) is 0 Å². The second-order valence-corrected chi connectivity index (χ2v) is 4.07. The highest BCUT2D eigenvalue weighted by Gasteiger charge is 2.14. The van der Waals surface area contributed by atoms with E-state index in [0.717, 1.165) is 23.5 Å². The van der Waals surface area contributed by atoms with Crippen molar-refractivity contribution in [3.63, 3.8) is 0 Å². The van der Waals surface area contributed by atoms with E-state index >= 15 is 0 Å². The lowest BCUT2D eigenvalue weighted by Gasteiger charge is -2.07. The van der Waals surface area contributed by atoms with Gasteiger partial charge in [-0.05, 0) is 17.2 Å². The SMILES string of the molecule is NNC1=Nc2ccccc2Cc2ccccc21. The lowest BCUT2D eigenvalue weighted by atomic mass is 10.00. The number of nitrogens with zero attached hydrogens (tertiary/aromatic N) is 1. The van der Waals surface area contributed by atoms with Crippen LogP contribution in [0.3, 0.4) is 0 Å². The summed E-state index contributed by atoms with van der Waals surface area (Å²) in [5.41, 5.74) is 7.22. The van der Waals surface area contributed by atoms with Crippen LogP contribution in [0.25, 0.3) is 0 Å². The molecule has 3 N–H and O–H groups in total. The number of hydrogen-bond donors (Lipinski definition) is 2. The highest BCUT2D eigenvalue weighted by molar-refractivity contribution is 6.02. The van der Waals surface area contributed by atoms with E-state index in [4.69, 9.17) is 5.84 Å². The van der Waals surface area contributed by atoms with Gasteiger partial charge in [0.05, 0.1) is 5.69 Å². The van der Waals surface area contributed by atoms with Crippen molar-refractivity contribution in [2.45, 2.75) is 6.42 Å². The van der Waals surface area contributed by atoms with Gasteiger partial charge in [0.1, 0.15) is 5.84 Å². The van der Waals surface area contributed by atoms with Gasteiger partial charge in [0.15, 0.2) is 0 Å². The molecule has 0 bridgehead atoms. The quantitative estimate of drug-likeness (QED) is 0.531. The van der Waals surface area contributed by atoms with Crippen LogP contribution in [0.15, 0.2) is 53.5 Å². The molecular formula is C14H13N3. The zero-order chi connectivity index (χ0) is 11.7. The van der Waals surface area contributed by atoms with Crippen molar-refractivity contribution in [1.29, 1.82) is 0 Å². The van der Waals surface area contributed by atoms with Gasteiger partial charge in [-0.2, -0.15) is 0 Å². The minimum Gasteiger partial charge on any atom is -0.308 e. The van der Waals surface area contributed by atoms with Crippen molar-refractivity contribution in [1.82, 2.24) is 5.43 Å². The van der Waals surface area contributed by atoms with E-state index in [1.165, 1.54) is 11.1 Å². The molecule has 1 heterocycles. The van der Waals surface area contributed by atoms with E-state index in [1.807, 2.05) is 36.4 Å². The number of amidine groups is 1. The molecule has 2 aromatic rings. The molecule has 0 amide bonds. The van der Waals surface area contributed by atoms with Gasteiger partial charge < -0.3 is 5.43 Å². The smallest absolute Gasteiger partial charge is 0.148 e. The minimum atomic E-state index is 0.727. The molecule has 3 rings (SSSR count). The highest BCUT2D eigenvalue weighted by atomic mass is 15.3. The number of para-hydroxylation sites is 1. The average molecular weight is 223 g/mol. The van der Waals surface area contributed by atoms with Crippen LogP contribution in [0, 0.1) is 0 Å². The maximum Gasteiger partial charge on any atom is 0.148 e. The van der Waals surface area contributed by atoms with Crippen molar-refractivity contribution < 1.29 is 0 Å². The van der Waals surface area contributed by atoms with Gasteiger partial charge >= 0.3 is 0 Å². The topological polar surface area (TPSA) is 50.4 Å². The first-order chi connectivity index (χ1) is 8.38. The van der Waals surface area contributed by atoms with Crippen LogP contribution in [0.1, 0.15) is 16.7 Å². The standard InChI is InChI=1S/C14H13N3/c15-17-14-12-7-3-1-5-10(12)9-11-6-2-4-8-13(11)16-14/h1-8H,9,15H2,(H,16,17). The fraction of sp³-hybridized carbons (Fsp3) is 0.0714. The molecule has 0 fully saturated rings. The summed E-state index contributed by atoms with van der Waals surface area (Å²) >= 11 is 0. The lowest BCUT2D eigenvalue weighted by Crippen LogP contribution is -2.31. The van der Waals surface area contributed by atoms with Crippen molar-refractivity contribution in [2.24, 2.45) is 10.8 Å². The van der Waals surface area contributed by atoms with Crippen LogP contribution in [-0.2, 0) is 6.42 Å². The van der Waals surface area contributed by atoms with E-state index in [1.54, 1.807) is 0 Å². The third-order valence-electron chi connectivity index (χ3n) is 3.01. The summed E-state index contributed by atoms with van der Waals surface area (Å²) in [6.45, 7) is 0. The summed E-state index contributed by atoms with van der Waals surface area (Å²) in [5.74, 6) is 6.29. The number of fused-ring (bicyclic) bond motifs is 2. The molecular weight excluding hydrogens is 210 g/mol. The molecule has 0 saturated heterocycles. The summed E-state index contributed by atoms with van der Waals surface area (Å²) in [6, 6.07) is 16.4. The molecule has 0 unspecified atom stereocenters. The number of hydrogen-bond acceptors (Lipinski definition) is 3. The lowest BCUT2D eigenvalue weighted by molar-refractivity contribution is 1.02. The molecule has 3 heteroatoms. The van der Waals surface area contributed by atoms with Gasteiger partial charge in [-0.25, -0.2) is 10.8 Å². The van der Waals surface area contributed by atoms with Gasteiger partial charge in [-0.1, -0.05) is 42.5 Å². The monoisotopic (exact) mass is 223 g/mol. The van der Waals surface area contributed by atoms with Crippen LogP contribution < -0.4 is 11.3 Å². The van der Waals surface area contributed by atoms with E-state index in [-0.39, 0.29) is 0 Å². The number of rotatable bonds is 0. The fourth-order valence-corrected chi connectivity index (χ4v) is 2.17. The molecule has 0 aliphatic carbocycles. The Bertz CT molecular complexity index is 588. The summed E-state index contributed by atoms with van der Waals surface area (Å²) in [6.07, 6.45) is 0.890. The fourth-order valence-electron chi connectivity index (χ4n) is 2.17. The highest BCUT2D eigenvalue weighted by Crippen LogP contribution is 2.27. The van der Waals surface area contributed by atoms with Crippen LogP contribution in [0.4, 0.5) is 5.69 Å². The number of nitrogens with one attached hydrogen (secondary N) is 1. The van der Waals surface area contributed by atoms with Gasteiger partial charge in [0.25, 0.3) is 0 Å². The second-order valence-electron chi connectivity index (χ2n) is 4.07. The molecule has 84 valence electrons. The van der Waals surface area contributed by atoms with Crippen LogP contribution >= 0.6 is 0 Å². The van der Waals surface area contributed by atoms with Crippen molar-refractivity contribution >= 4 is 11.5 Å². The molecule has 0 atom stereocenters. The third kappa shape index (κ3) is 1.70. The van der Waals surface area contributed by atoms with E-state index in [9.17, 15) is 0 Å². The largest absolute Gasteiger partial charge is 0.308 e. The molecule has 3 nitrogen and oxygen atoms in total. The summed E-state index contributed by atoms with van der Waals surface area (Å²) < 4.78 is 0. The predicted octanol–water partition coefficient (Wildman–Crippen LogP) is 2.13. The summed E-state index contributed by atoms with van der Waals surface area (Å²) in [7, 11) is 0. The number of hydrazine groups is 1. The van der Waals surface area contributed by atoms with E-state index < -0.39 is 0 Å². The van der Waals surface area contributed by atoms with Gasteiger partial charge in [0.2, 0.25) is 0 Å². The van der Waals surface area contributed by atoms with Crippen LogP contribution in [0.2, 0.25) is 0 Å². The van der Waals surface area contributed by atoms with Crippen molar-refractivity contribution in [3.05, 3.63) is 65.2 Å². The Morgan fingerprint density at radius 3 is 2.47 bits per heavy atom. The Kier molecular flexibility index (Phi) is 2.38. The molecule has 0 saturated carbocycles. The Morgan fingerprint density at radius 2 is 1.65 bits per heavy atom. The molecule has 1 aliphatic heterocycles. The average Bonchev–Trinajstić information content (AvgIpc) is 2.54. The third-order valence-corrected chi connectivity index (χ3v) is 3.01. The van der Waals surface area contributed by atoms with E-state index in [0.29, 0.717) is 0 Å². The molecule has 1 aliphatic rings. The first-order valence-corrected chi connectivity index (χ1v) is 5.60. The molecule has 0 aromatic heterocycles. The Balaban J connectivity index is 2.24. The van der Waals surface area contributed by atoms with Gasteiger partial charge in [-0.15, -0.1) is 0 Å². The van der Waals surface area contributed by atoms with E-state index in [2.05, 4.69) is 22.6 Å². The Morgan fingerprint density at radius 1 is 0.941 bits per heavy atom. The summed E-state index contributed by atoms with van der Waals surface area (Å²) in [5, 5.41) is 0. The Labute approximate surface area is 100.0 Å². The van der Waals surface area contributed by atoms with Gasteiger partial charge in [-0.3, -0.25) is 0 Å². The van der Waals surface area contributed by atoms with Crippen molar-refractivity contribution in [2.75, 3.05) is 0 Å². The maximum atomic E-state index is 5.56. The van der Waals surface area contributed by atoms with Gasteiger partial charge in [0, 0.05) is 12.0 Å². The molecule has 2 aromatic carbocycles. The number of benzene rings is 2. The molecule has 17 heavy (non-hydrogen) atoms. The normalized spacial score (nSPS) is 13.1. The zero-order valence-corrected chi connectivity index (χ0v) is 9.35.